The fourth-order valence-corrected chi connectivity index (χ4v) is 11.6. The maximum atomic E-state index is 2.36. The van der Waals surface area contributed by atoms with Crippen LogP contribution in [0.25, 0.3) is 0 Å². The van der Waals surface area contributed by atoms with Gasteiger partial charge in [0.05, 0.1) is 0 Å². The summed E-state index contributed by atoms with van der Waals surface area (Å²) in [6, 6.07) is 45.1. The molecular formula is C30H32P2. The first kappa shape index (κ1) is 22.9. The Balaban J connectivity index is 1.88. The molecule has 0 aliphatic heterocycles. The first-order valence-corrected chi connectivity index (χ1v) is 14.5. The van der Waals surface area contributed by atoms with Gasteiger partial charge in [-0.25, -0.2) is 0 Å². The van der Waals surface area contributed by atoms with Crippen molar-refractivity contribution in [3.05, 3.63) is 121 Å². The summed E-state index contributed by atoms with van der Waals surface area (Å²) in [6.45, 7) is 2.31. The van der Waals surface area contributed by atoms with E-state index in [1.807, 2.05) is 0 Å². The molecular weight excluding hydrogens is 422 g/mol. The number of benzene rings is 4. The molecule has 0 unspecified atom stereocenters. The average Bonchev–Trinajstić information content (AvgIpc) is 2.87. The van der Waals surface area contributed by atoms with Crippen LogP contribution in [0, 0.1) is 0 Å². The summed E-state index contributed by atoms with van der Waals surface area (Å²) < 4.78 is 0. The van der Waals surface area contributed by atoms with Gasteiger partial charge in [-0.1, -0.05) is 148 Å². The quantitative estimate of drug-likeness (QED) is 0.176. The summed E-state index contributed by atoms with van der Waals surface area (Å²) in [4.78, 5) is 0. The second kappa shape index (κ2) is 12.1. The van der Waals surface area contributed by atoms with Crippen molar-refractivity contribution in [3.8, 4) is 0 Å². The topological polar surface area (TPSA) is 0 Å². The molecule has 0 nitrogen and oxygen atoms in total. The molecule has 4 aromatic carbocycles. The van der Waals surface area contributed by atoms with E-state index in [2.05, 4.69) is 128 Å². The Morgan fingerprint density at radius 1 is 0.469 bits per heavy atom. The number of hydrogen-bond acceptors (Lipinski definition) is 0. The summed E-state index contributed by atoms with van der Waals surface area (Å²) in [5, 5.41) is 6.58. The molecule has 0 saturated carbocycles. The first-order valence-electron chi connectivity index (χ1n) is 11.7. The minimum absolute atomic E-state index is 0.489. The highest BCUT2D eigenvalue weighted by atomic mass is 31.2. The van der Waals surface area contributed by atoms with Crippen molar-refractivity contribution in [2.45, 2.75) is 38.0 Å². The van der Waals surface area contributed by atoms with Crippen LogP contribution < -0.4 is 21.2 Å². The second-order valence-electron chi connectivity index (χ2n) is 8.06. The molecule has 0 bridgehead atoms. The number of rotatable bonds is 10. The molecule has 0 aliphatic carbocycles. The number of hydrogen-bond donors (Lipinski definition) is 0. The Morgan fingerprint density at radius 2 is 0.781 bits per heavy atom. The highest BCUT2D eigenvalue weighted by Gasteiger charge is 2.33. The lowest BCUT2D eigenvalue weighted by Crippen LogP contribution is -2.27. The molecule has 0 amide bonds. The van der Waals surface area contributed by atoms with Crippen LogP contribution in [0.5, 0.6) is 0 Å². The van der Waals surface area contributed by atoms with E-state index in [9.17, 15) is 0 Å². The maximum absolute atomic E-state index is 2.36. The van der Waals surface area contributed by atoms with Crippen LogP contribution in [0.1, 0.15) is 32.6 Å². The SMILES string of the molecule is CCCCCC(P(c1ccccc1)c1ccccc1)P(c1ccccc1)c1ccccc1. The highest BCUT2D eigenvalue weighted by Crippen LogP contribution is 2.58. The van der Waals surface area contributed by atoms with Crippen LogP contribution in [0.15, 0.2) is 121 Å². The van der Waals surface area contributed by atoms with Crippen LogP contribution in [-0.2, 0) is 0 Å². The summed E-state index contributed by atoms with van der Waals surface area (Å²) in [5.41, 5.74) is 0. The predicted octanol–water partition coefficient (Wildman–Crippen LogP) is 7.16. The third-order valence-electron chi connectivity index (χ3n) is 5.80. The smallest absolute Gasteiger partial charge is 0.0155 e. The van der Waals surface area contributed by atoms with Crippen molar-refractivity contribution in [2.75, 3.05) is 0 Å². The molecule has 0 radical (unpaired) electrons. The van der Waals surface area contributed by atoms with Gasteiger partial charge in [-0.15, -0.1) is 0 Å². The number of unbranched alkanes of at least 4 members (excludes halogenated alkanes) is 2. The summed E-state index contributed by atoms with van der Waals surface area (Å²) >= 11 is 0. The Hall–Kier alpha value is -2.26. The molecule has 0 spiro atoms. The van der Waals surface area contributed by atoms with Crippen molar-refractivity contribution in [3.63, 3.8) is 0 Å². The normalized spacial score (nSPS) is 11.4. The zero-order valence-corrected chi connectivity index (χ0v) is 20.6. The van der Waals surface area contributed by atoms with Gasteiger partial charge in [0, 0.05) is 5.40 Å². The van der Waals surface area contributed by atoms with E-state index in [1.54, 1.807) is 0 Å². The van der Waals surface area contributed by atoms with Crippen LogP contribution in [0.3, 0.4) is 0 Å². The fraction of sp³-hybridized carbons (Fsp3) is 0.200. The van der Waals surface area contributed by atoms with Gasteiger partial charge in [0.15, 0.2) is 0 Å². The lowest BCUT2D eigenvalue weighted by Gasteiger charge is -2.36. The molecule has 162 valence electrons. The van der Waals surface area contributed by atoms with Crippen molar-refractivity contribution < 1.29 is 0 Å². The second-order valence-corrected chi connectivity index (χ2v) is 13.3. The fourth-order valence-electron chi connectivity index (χ4n) is 4.29. The molecule has 32 heavy (non-hydrogen) atoms. The van der Waals surface area contributed by atoms with Crippen molar-refractivity contribution in [2.24, 2.45) is 0 Å². The first-order chi connectivity index (χ1) is 15.9. The van der Waals surface area contributed by atoms with Gasteiger partial charge >= 0.3 is 0 Å². The van der Waals surface area contributed by atoms with Gasteiger partial charge in [0.2, 0.25) is 0 Å². The predicted molar refractivity (Wildman–Crippen MR) is 146 cm³/mol. The minimum Gasteiger partial charge on any atom is -0.0654 e. The van der Waals surface area contributed by atoms with Crippen molar-refractivity contribution in [1.82, 2.24) is 0 Å². The van der Waals surface area contributed by atoms with E-state index in [0.717, 1.165) is 0 Å². The van der Waals surface area contributed by atoms with Gasteiger partial charge in [0.25, 0.3) is 0 Å². The van der Waals surface area contributed by atoms with Gasteiger partial charge in [0.1, 0.15) is 0 Å². The zero-order chi connectivity index (χ0) is 22.0. The van der Waals surface area contributed by atoms with E-state index in [0.29, 0.717) is 5.40 Å². The summed E-state index contributed by atoms with van der Waals surface area (Å²) in [7, 11) is -0.977. The molecule has 2 heteroatoms. The van der Waals surface area contributed by atoms with Gasteiger partial charge < -0.3 is 0 Å². The van der Waals surface area contributed by atoms with E-state index >= 15 is 0 Å². The lowest BCUT2D eigenvalue weighted by molar-refractivity contribution is 0.694. The van der Waals surface area contributed by atoms with Crippen LogP contribution in [-0.4, -0.2) is 5.40 Å². The maximum Gasteiger partial charge on any atom is 0.0155 e. The van der Waals surface area contributed by atoms with Crippen LogP contribution >= 0.6 is 15.8 Å². The molecule has 0 fully saturated rings. The Morgan fingerprint density at radius 3 is 1.06 bits per heavy atom. The molecule has 4 aromatic rings. The van der Waals surface area contributed by atoms with Crippen LogP contribution in [0.4, 0.5) is 0 Å². The standard InChI is InChI=1S/C30H32P2/c1-2-3-8-25-30(31(26-17-9-4-10-18-26)27-19-11-5-12-20-27)32(28-21-13-6-14-22-28)29-23-15-7-16-24-29/h4-7,9-24,30H,2-3,8,25H2,1H3. The molecule has 0 saturated heterocycles. The van der Waals surface area contributed by atoms with Gasteiger partial charge in [-0.3, -0.25) is 0 Å². The molecule has 4 rings (SSSR count). The third-order valence-corrected chi connectivity index (χ3v) is 12.3. The third kappa shape index (κ3) is 5.75. The molecule has 0 N–H and O–H groups in total. The zero-order valence-electron chi connectivity index (χ0n) is 18.8. The Bertz CT molecular complexity index is 871. The van der Waals surface area contributed by atoms with E-state index in [1.165, 1.54) is 46.9 Å². The Labute approximate surface area is 196 Å². The summed E-state index contributed by atoms with van der Waals surface area (Å²) in [6.07, 6.45) is 5.11. The van der Waals surface area contributed by atoms with E-state index in [-0.39, 0.29) is 0 Å². The van der Waals surface area contributed by atoms with Gasteiger partial charge in [-0.2, -0.15) is 0 Å². The monoisotopic (exact) mass is 454 g/mol. The highest BCUT2D eigenvalue weighted by molar-refractivity contribution is 7.89. The largest absolute Gasteiger partial charge is 0.0654 e. The van der Waals surface area contributed by atoms with Crippen LogP contribution in [0.2, 0.25) is 0 Å². The van der Waals surface area contributed by atoms with Crippen molar-refractivity contribution >= 4 is 37.1 Å². The van der Waals surface area contributed by atoms with Gasteiger partial charge in [-0.05, 0) is 43.5 Å². The lowest BCUT2D eigenvalue weighted by atomic mass is 10.2. The molecule has 0 aromatic heterocycles. The Kier molecular flexibility index (Phi) is 8.67. The van der Waals surface area contributed by atoms with Crippen molar-refractivity contribution in [1.29, 1.82) is 0 Å². The minimum atomic E-state index is -0.489. The van der Waals surface area contributed by atoms with E-state index in [4.69, 9.17) is 0 Å². The molecule has 0 aliphatic rings. The summed E-state index contributed by atoms with van der Waals surface area (Å²) in [5.74, 6) is 0. The van der Waals surface area contributed by atoms with E-state index < -0.39 is 15.8 Å². The molecule has 0 heterocycles. The molecule has 0 atom stereocenters. The average molecular weight is 455 g/mol.